The molecule has 0 amide bonds. The molecule has 88 valence electrons. The van der Waals surface area contributed by atoms with Gasteiger partial charge in [0.1, 0.15) is 0 Å². The lowest BCUT2D eigenvalue weighted by Crippen LogP contribution is -2.37. The summed E-state index contributed by atoms with van der Waals surface area (Å²) in [4.78, 5) is 0. The number of hydrogen-bond acceptors (Lipinski definition) is 1. The summed E-state index contributed by atoms with van der Waals surface area (Å²) < 4.78 is 25.7. The molecular formula is C12H20F2O. The van der Waals surface area contributed by atoms with Crippen molar-refractivity contribution in [3.8, 4) is 0 Å². The molecule has 0 bridgehead atoms. The predicted octanol–water partition coefficient (Wildman–Crippen LogP) is 3.53. The summed E-state index contributed by atoms with van der Waals surface area (Å²) in [6, 6.07) is 0. The Hall–Kier alpha value is -0.440. The zero-order valence-corrected chi connectivity index (χ0v) is 9.69. The van der Waals surface area contributed by atoms with Gasteiger partial charge in [0, 0.05) is 6.42 Å². The molecule has 1 N–H and O–H groups in total. The third kappa shape index (κ3) is 3.56. The Kier molecular flexibility index (Phi) is 3.24. The molecule has 0 saturated carbocycles. The summed E-state index contributed by atoms with van der Waals surface area (Å²) >= 11 is 0. The SMILES string of the molecule is CCC(C)(C)CC1(O)C=CC(F)(F)CC1. The number of alkyl halides is 2. The lowest BCUT2D eigenvalue weighted by atomic mass is 9.74. The molecular weight excluding hydrogens is 198 g/mol. The largest absolute Gasteiger partial charge is 0.386 e. The maximum atomic E-state index is 12.9. The average Bonchev–Trinajstić information content (AvgIpc) is 2.11. The van der Waals surface area contributed by atoms with Gasteiger partial charge in [-0.1, -0.05) is 33.3 Å². The number of rotatable bonds is 3. The first-order chi connectivity index (χ1) is 6.68. The molecule has 0 radical (unpaired) electrons. The molecule has 1 rings (SSSR count). The molecule has 1 aliphatic carbocycles. The smallest absolute Gasteiger partial charge is 0.266 e. The quantitative estimate of drug-likeness (QED) is 0.718. The highest BCUT2D eigenvalue weighted by Crippen LogP contribution is 2.40. The van der Waals surface area contributed by atoms with Gasteiger partial charge in [0.2, 0.25) is 0 Å². The highest BCUT2D eigenvalue weighted by Gasteiger charge is 2.39. The van der Waals surface area contributed by atoms with E-state index in [1.807, 2.05) is 20.8 Å². The topological polar surface area (TPSA) is 20.2 Å². The second-order valence-corrected chi connectivity index (χ2v) is 5.39. The van der Waals surface area contributed by atoms with Gasteiger partial charge >= 0.3 is 0 Å². The van der Waals surface area contributed by atoms with Crippen molar-refractivity contribution < 1.29 is 13.9 Å². The van der Waals surface area contributed by atoms with Crippen molar-refractivity contribution >= 4 is 0 Å². The van der Waals surface area contributed by atoms with Crippen LogP contribution < -0.4 is 0 Å². The normalized spacial score (nSPS) is 30.5. The van der Waals surface area contributed by atoms with Gasteiger partial charge in [-0.2, -0.15) is 0 Å². The summed E-state index contributed by atoms with van der Waals surface area (Å²) in [7, 11) is 0. The van der Waals surface area contributed by atoms with Crippen LogP contribution in [-0.4, -0.2) is 16.6 Å². The van der Waals surface area contributed by atoms with Crippen LogP contribution in [0.1, 0.15) is 46.5 Å². The molecule has 0 spiro atoms. The van der Waals surface area contributed by atoms with Crippen LogP contribution in [0, 0.1) is 5.41 Å². The summed E-state index contributed by atoms with van der Waals surface area (Å²) in [5.74, 6) is -2.73. The van der Waals surface area contributed by atoms with Crippen molar-refractivity contribution in [2.45, 2.75) is 58.0 Å². The fourth-order valence-corrected chi connectivity index (χ4v) is 1.93. The third-order valence-corrected chi connectivity index (χ3v) is 3.27. The molecule has 15 heavy (non-hydrogen) atoms. The van der Waals surface area contributed by atoms with Crippen LogP contribution >= 0.6 is 0 Å². The van der Waals surface area contributed by atoms with E-state index >= 15 is 0 Å². The number of halogens is 2. The van der Waals surface area contributed by atoms with Gasteiger partial charge in [0.25, 0.3) is 5.92 Å². The Morgan fingerprint density at radius 1 is 1.27 bits per heavy atom. The molecule has 1 aliphatic rings. The first-order valence-electron chi connectivity index (χ1n) is 5.49. The zero-order chi connectivity index (χ0) is 11.7. The fourth-order valence-electron chi connectivity index (χ4n) is 1.93. The van der Waals surface area contributed by atoms with E-state index in [1.54, 1.807) is 0 Å². The Balaban J connectivity index is 2.71. The van der Waals surface area contributed by atoms with Crippen LogP contribution in [0.5, 0.6) is 0 Å². The molecule has 0 saturated heterocycles. The molecule has 3 heteroatoms. The van der Waals surface area contributed by atoms with Crippen molar-refractivity contribution in [1.29, 1.82) is 0 Å². The average molecular weight is 218 g/mol. The van der Waals surface area contributed by atoms with Crippen LogP contribution in [0.4, 0.5) is 8.78 Å². The molecule has 0 fully saturated rings. The van der Waals surface area contributed by atoms with Crippen LogP contribution in [0.2, 0.25) is 0 Å². The molecule has 0 aromatic carbocycles. The van der Waals surface area contributed by atoms with E-state index in [9.17, 15) is 13.9 Å². The minimum absolute atomic E-state index is 0.00822. The second-order valence-electron chi connectivity index (χ2n) is 5.39. The van der Waals surface area contributed by atoms with Gasteiger partial charge < -0.3 is 5.11 Å². The van der Waals surface area contributed by atoms with Crippen LogP contribution in [0.25, 0.3) is 0 Å². The van der Waals surface area contributed by atoms with Crippen LogP contribution in [0.3, 0.4) is 0 Å². The van der Waals surface area contributed by atoms with Gasteiger partial charge in [-0.05, 0) is 24.3 Å². The van der Waals surface area contributed by atoms with E-state index in [-0.39, 0.29) is 18.3 Å². The molecule has 0 heterocycles. The van der Waals surface area contributed by atoms with E-state index in [0.717, 1.165) is 12.5 Å². The monoisotopic (exact) mass is 218 g/mol. The lowest BCUT2D eigenvalue weighted by molar-refractivity contribution is -0.0295. The minimum atomic E-state index is -2.73. The summed E-state index contributed by atoms with van der Waals surface area (Å²) in [5, 5.41) is 10.2. The molecule has 1 unspecified atom stereocenters. The Morgan fingerprint density at radius 2 is 1.87 bits per heavy atom. The first kappa shape index (κ1) is 12.6. The van der Waals surface area contributed by atoms with Gasteiger partial charge in [0.15, 0.2) is 0 Å². The van der Waals surface area contributed by atoms with Crippen molar-refractivity contribution in [1.82, 2.24) is 0 Å². The fraction of sp³-hybridized carbons (Fsp3) is 0.833. The minimum Gasteiger partial charge on any atom is -0.386 e. The summed E-state index contributed by atoms with van der Waals surface area (Å²) in [6.45, 7) is 6.14. The molecule has 0 aromatic rings. The highest BCUT2D eigenvalue weighted by molar-refractivity contribution is 5.12. The number of allylic oxidation sites excluding steroid dienone is 1. The molecule has 1 nitrogen and oxygen atoms in total. The van der Waals surface area contributed by atoms with Crippen molar-refractivity contribution in [2.75, 3.05) is 0 Å². The Morgan fingerprint density at radius 3 is 2.27 bits per heavy atom. The standard InChI is InChI=1S/C12H20F2O/c1-4-10(2,3)9-11(15)5-7-12(13,14)8-6-11/h5,7,15H,4,6,8-9H2,1-3H3. The summed E-state index contributed by atoms with van der Waals surface area (Å²) in [6.07, 6.45) is 3.51. The maximum Gasteiger partial charge on any atom is 0.266 e. The van der Waals surface area contributed by atoms with E-state index in [0.29, 0.717) is 6.42 Å². The van der Waals surface area contributed by atoms with E-state index in [2.05, 4.69) is 0 Å². The van der Waals surface area contributed by atoms with Gasteiger partial charge in [-0.3, -0.25) is 0 Å². The first-order valence-corrected chi connectivity index (χ1v) is 5.49. The van der Waals surface area contributed by atoms with E-state index in [4.69, 9.17) is 0 Å². The van der Waals surface area contributed by atoms with Crippen molar-refractivity contribution in [3.05, 3.63) is 12.2 Å². The Labute approximate surface area is 90.2 Å². The predicted molar refractivity (Wildman–Crippen MR) is 57.0 cm³/mol. The second kappa shape index (κ2) is 3.85. The highest BCUT2D eigenvalue weighted by atomic mass is 19.3. The van der Waals surface area contributed by atoms with Gasteiger partial charge in [-0.25, -0.2) is 8.78 Å². The van der Waals surface area contributed by atoms with Gasteiger partial charge in [-0.15, -0.1) is 0 Å². The molecule has 1 atom stereocenters. The van der Waals surface area contributed by atoms with Crippen LogP contribution in [0.15, 0.2) is 12.2 Å². The van der Waals surface area contributed by atoms with E-state index in [1.165, 1.54) is 6.08 Å². The van der Waals surface area contributed by atoms with Gasteiger partial charge in [0.05, 0.1) is 5.60 Å². The summed E-state index contributed by atoms with van der Waals surface area (Å²) in [5.41, 5.74) is -1.05. The lowest BCUT2D eigenvalue weighted by Gasteiger charge is -2.37. The van der Waals surface area contributed by atoms with Crippen molar-refractivity contribution in [3.63, 3.8) is 0 Å². The van der Waals surface area contributed by atoms with E-state index < -0.39 is 11.5 Å². The molecule has 0 aromatic heterocycles. The van der Waals surface area contributed by atoms with Crippen LogP contribution in [-0.2, 0) is 0 Å². The molecule has 0 aliphatic heterocycles. The van der Waals surface area contributed by atoms with Crippen molar-refractivity contribution in [2.24, 2.45) is 5.41 Å². The Bertz CT molecular complexity index is 258. The number of aliphatic hydroxyl groups is 1. The number of hydrogen-bond donors (Lipinski definition) is 1. The third-order valence-electron chi connectivity index (χ3n) is 3.27. The maximum absolute atomic E-state index is 12.9. The zero-order valence-electron chi connectivity index (χ0n) is 9.69.